The Bertz CT molecular complexity index is 551. The van der Waals surface area contributed by atoms with Crippen molar-refractivity contribution >= 4 is 11.4 Å². The molecule has 3 unspecified atom stereocenters. The lowest BCUT2D eigenvalue weighted by atomic mass is 9.80. The summed E-state index contributed by atoms with van der Waals surface area (Å²) in [5.41, 5.74) is 0.808. The zero-order chi connectivity index (χ0) is 14.7. The van der Waals surface area contributed by atoms with Gasteiger partial charge in [0.05, 0.1) is 16.6 Å². The van der Waals surface area contributed by atoms with E-state index in [1.54, 1.807) is 12.1 Å². The first-order valence-electron chi connectivity index (χ1n) is 6.96. The Morgan fingerprint density at radius 3 is 2.75 bits per heavy atom. The number of nitrogens with zero attached hydrogens (tertiary/aromatic N) is 2. The number of nitrogens with one attached hydrogen (secondary N) is 1. The van der Waals surface area contributed by atoms with Crippen molar-refractivity contribution in [3.05, 3.63) is 33.9 Å². The molecule has 0 heterocycles. The van der Waals surface area contributed by atoms with Crippen LogP contribution in [0.25, 0.3) is 0 Å². The molecule has 1 saturated carbocycles. The van der Waals surface area contributed by atoms with E-state index in [1.807, 2.05) is 6.07 Å². The van der Waals surface area contributed by atoms with Crippen LogP contribution in [0.15, 0.2) is 18.2 Å². The second kappa shape index (κ2) is 5.91. The molecule has 0 aromatic heterocycles. The number of hydrogen-bond acceptors (Lipinski definition) is 4. The lowest BCUT2D eigenvalue weighted by molar-refractivity contribution is -0.384. The van der Waals surface area contributed by atoms with Gasteiger partial charge in [0.1, 0.15) is 5.69 Å². The van der Waals surface area contributed by atoms with Gasteiger partial charge >= 0.3 is 0 Å². The number of anilines is 1. The smallest absolute Gasteiger partial charge is 0.293 e. The van der Waals surface area contributed by atoms with Crippen LogP contribution in [-0.2, 0) is 0 Å². The molecule has 1 aromatic rings. The van der Waals surface area contributed by atoms with Gasteiger partial charge in [-0.25, -0.2) is 0 Å². The van der Waals surface area contributed by atoms with Crippen LogP contribution in [0.4, 0.5) is 11.4 Å². The van der Waals surface area contributed by atoms with Gasteiger partial charge in [-0.1, -0.05) is 13.8 Å². The summed E-state index contributed by atoms with van der Waals surface area (Å²) in [5, 5.41) is 23.3. The highest BCUT2D eigenvalue weighted by molar-refractivity contribution is 5.64. The summed E-state index contributed by atoms with van der Waals surface area (Å²) < 4.78 is 0. The third-order valence-corrected chi connectivity index (χ3v) is 4.10. The normalized spacial score (nSPS) is 25.8. The summed E-state index contributed by atoms with van der Waals surface area (Å²) in [7, 11) is 0. The van der Waals surface area contributed by atoms with Gasteiger partial charge in [-0.15, -0.1) is 0 Å². The van der Waals surface area contributed by atoms with E-state index in [1.165, 1.54) is 6.07 Å². The van der Waals surface area contributed by atoms with E-state index in [9.17, 15) is 10.1 Å². The second-order valence-electron chi connectivity index (χ2n) is 5.75. The molecule has 2 rings (SSSR count). The number of nitriles is 1. The fourth-order valence-corrected chi connectivity index (χ4v) is 2.95. The molecule has 1 aliphatic rings. The van der Waals surface area contributed by atoms with Crippen LogP contribution in [0, 0.1) is 33.3 Å². The molecule has 0 saturated heterocycles. The Morgan fingerprint density at radius 1 is 1.40 bits per heavy atom. The van der Waals surface area contributed by atoms with E-state index < -0.39 is 4.92 Å². The van der Waals surface area contributed by atoms with E-state index in [4.69, 9.17) is 5.26 Å². The molecule has 0 amide bonds. The maximum Gasteiger partial charge on any atom is 0.293 e. The Balaban J connectivity index is 2.21. The molecule has 5 nitrogen and oxygen atoms in total. The van der Waals surface area contributed by atoms with Crippen LogP contribution in [-0.4, -0.2) is 11.0 Å². The van der Waals surface area contributed by atoms with Crippen molar-refractivity contribution in [1.82, 2.24) is 0 Å². The largest absolute Gasteiger partial charge is 0.376 e. The molecule has 0 bridgehead atoms. The first kappa shape index (κ1) is 14.3. The summed E-state index contributed by atoms with van der Waals surface area (Å²) >= 11 is 0. The van der Waals surface area contributed by atoms with E-state index in [2.05, 4.69) is 19.2 Å². The minimum atomic E-state index is -0.431. The van der Waals surface area contributed by atoms with Crippen molar-refractivity contribution in [2.24, 2.45) is 11.8 Å². The molecule has 0 spiro atoms. The average Bonchev–Trinajstić information content (AvgIpc) is 2.42. The Kier molecular flexibility index (Phi) is 4.23. The Morgan fingerprint density at radius 2 is 2.15 bits per heavy atom. The summed E-state index contributed by atoms with van der Waals surface area (Å²) in [4.78, 5) is 10.7. The van der Waals surface area contributed by atoms with Crippen LogP contribution < -0.4 is 5.32 Å². The fourth-order valence-electron chi connectivity index (χ4n) is 2.95. The molecule has 5 heteroatoms. The topological polar surface area (TPSA) is 79.0 Å². The van der Waals surface area contributed by atoms with Gasteiger partial charge in [0.15, 0.2) is 0 Å². The first-order chi connectivity index (χ1) is 9.51. The van der Waals surface area contributed by atoms with Gasteiger partial charge in [-0.2, -0.15) is 5.26 Å². The van der Waals surface area contributed by atoms with Crippen molar-refractivity contribution in [2.45, 2.75) is 39.2 Å². The molecule has 0 radical (unpaired) electrons. The van der Waals surface area contributed by atoms with Crippen molar-refractivity contribution in [2.75, 3.05) is 5.32 Å². The van der Waals surface area contributed by atoms with Gasteiger partial charge in [-0.3, -0.25) is 10.1 Å². The number of nitro groups is 1. The van der Waals surface area contributed by atoms with E-state index in [-0.39, 0.29) is 11.7 Å². The lowest BCUT2D eigenvalue weighted by Gasteiger charge is -2.33. The lowest BCUT2D eigenvalue weighted by Crippen LogP contribution is -2.33. The van der Waals surface area contributed by atoms with Crippen LogP contribution in [0.2, 0.25) is 0 Å². The van der Waals surface area contributed by atoms with Gasteiger partial charge in [-0.05, 0) is 43.2 Å². The third-order valence-electron chi connectivity index (χ3n) is 4.10. The van der Waals surface area contributed by atoms with Crippen molar-refractivity contribution < 1.29 is 4.92 Å². The maximum atomic E-state index is 11.1. The Hall–Kier alpha value is -2.09. The van der Waals surface area contributed by atoms with Crippen LogP contribution in [0.3, 0.4) is 0 Å². The van der Waals surface area contributed by atoms with E-state index in [0.29, 0.717) is 17.2 Å². The molecule has 3 atom stereocenters. The number of benzene rings is 1. The summed E-state index contributed by atoms with van der Waals surface area (Å²) in [6.45, 7) is 4.43. The van der Waals surface area contributed by atoms with Crippen molar-refractivity contribution in [3.8, 4) is 6.07 Å². The van der Waals surface area contributed by atoms with E-state index in [0.717, 1.165) is 25.2 Å². The third kappa shape index (κ3) is 3.08. The molecule has 1 N–H and O–H groups in total. The molecule has 1 aliphatic carbocycles. The molecule has 1 aromatic carbocycles. The van der Waals surface area contributed by atoms with Crippen LogP contribution in [0.5, 0.6) is 0 Å². The zero-order valence-corrected chi connectivity index (χ0v) is 11.8. The molecule has 1 fully saturated rings. The SMILES string of the molecule is CC1CCC(Nc2ccc(C#N)cc2[N+](=O)[O-])C(C)C1. The standard InChI is InChI=1S/C15H19N3O2/c1-10-3-5-13(11(2)7-10)17-14-6-4-12(9-16)8-15(14)18(19)20/h4,6,8,10-11,13,17H,3,5,7H2,1-2H3. The number of rotatable bonds is 3. The summed E-state index contributed by atoms with van der Waals surface area (Å²) in [6, 6.07) is 6.79. The predicted octanol–water partition coefficient (Wildman–Crippen LogP) is 3.70. The minimum Gasteiger partial charge on any atom is -0.376 e. The Labute approximate surface area is 118 Å². The van der Waals surface area contributed by atoms with Gasteiger partial charge < -0.3 is 5.32 Å². The molecular weight excluding hydrogens is 254 g/mol. The van der Waals surface area contributed by atoms with E-state index >= 15 is 0 Å². The quantitative estimate of drug-likeness (QED) is 0.672. The summed E-state index contributed by atoms with van der Waals surface area (Å²) in [6.07, 6.45) is 3.31. The monoisotopic (exact) mass is 273 g/mol. The fraction of sp³-hybridized carbons (Fsp3) is 0.533. The highest BCUT2D eigenvalue weighted by Crippen LogP contribution is 2.33. The van der Waals surface area contributed by atoms with Gasteiger partial charge in [0.25, 0.3) is 5.69 Å². The molecular formula is C15H19N3O2. The number of hydrogen-bond donors (Lipinski definition) is 1. The predicted molar refractivity (Wildman–Crippen MR) is 77.4 cm³/mol. The second-order valence-corrected chi connectivity index (χ2v) is 5.75. The minimum absolute atomic E-state index is 0.0186. The van der Waals surface area contributed by atoms with Gasteiger partial charge in [0.2, 0.25) is 0 Å². The van der Waals surface area contributed by atoms with Crippen molar-refractivity contribution in [1.29, 1.82) is 5.26 Å². The maximum absolute atomic E-state index is 11.1. The highest BCUT2D eigenvalue weighted by atomic mass is 16.6. The zero-order valence-electron chi connectivity index (χ0n) is 11.8. The molecule has 0 aliphatic heterocycles. The van der Waals surface area contributed by atoms with Crippen LogP contribution in [0.1, 0.15) is 38.7 Å². The van der Waals surface area contributed by atoms with Crippen LogP contribution >= 0.6 is 0 Å². The van der Waals surface area contributed by atoms with Gasteiger partial charge in [0, 0.05) is 12.1 Å². The molecule has 20 heavy (non-hydrogen) atoms. The summed E-state index contributed by atoms with van der Waals surface area (Å²) in [5.74, 6) is 1.22. The average molecular weight is 273 g/mol. The van der Waals surface area contributed by atoms with Crippen molar-refractivity contribution in [3.63, 3.8) is 0 Å². The highest BCUT2D eigenvalue weighted by Gasteiger charge is 2.27. The number of nitro benzene ring substituents is 1. The first-order valence-corrected chi connectivity index (χ1v) is 6.96. The molecule has 106 valence electrons.